The van der Waals surface area contributed by atoms with Gasteiger partial charge >= 0.3 is 0 Å². The Morgan fingerprint density at radius 2 is 1.85 bits per heavy atom. The summed E-state index contributed by atoms with van der Waals surface area (Å²) >= 11 is 0. The lowest BCUT2D eigenvalue weighted by Crippen LogP contribution is -2.49. The first-order valence-corrected chi connectivity index (χ1v) is 10.4. The van der Waals surface area contributed by atoms with Gasteiger partial charge in [0.25, 0.3) is 0 Å². The minimum absolute atomic E-state index is 0.000648. The van der Waals surface area contributed by atoms with E-state index in [-0.39, 0.29) is 18.2 Å². The van der Waals surface area contributed by atoms with Crippen LogP contribution in [0, 0.1) is 20.8 Å². The van der Waals surface area contributed by atoms with Crippen LogP contribution >= 0.6 is 0 Å². The summed E-state index contributed by atoms with van der Waals surface area (Å²) in [5, 5.41) is 6.85. The third-order valence-corrected chi connectivity index (χ3v) is 7.66. The lowest BCUT2D eigenvalue weighted by atomic mass is 10.0. The van der Waals surface area contributed by atoms with Gasteiger partial charge in [0.1, 0.15) is 11.0 Å². The Bertz CT molecular complexity index is 874. The molecule has 7 nitrogen and oxygen atoms in total. The quantitative estimate of drug-likeness (QED) is 0.886. The zero-order chi connectivity index (χ0) is 18.5. The summed E-state index contributed by atoms with van der Waals surface area (Å²) in [6.07, 6.45) is 4.93. The summed E-state index contributed by atoms with van der Waals surface area (Å²) in [4.78, 5) is 4.64. The molecule has 2 aliphatic rings. The average molecular weight is 376 g/mol. The Labute approximate surface area is 153 Å². The molecule has 2 aliphatic heterocycles. The van der Waals surface area contributed by atoms with Crippen LogP contribution in [0.3, 0.4) is 0 Å². The van der Waals surface area contributed by atoms with Crippen LogP contribution in [0.2, 0.25) is 0 Å². The molecule has 0 saturated carbocycles. The molecule has 2 aromatic rings. The van der Waals surface area contributed by atoms with E-state index in [1.807, 2.05) is 19.1 Å². The molecular formula is C18H24N4O3S. The standard InChI is InChI=1S/C18H24N4O3S/c1-11-4-7-17(19-10-11)25-16-8-14-5-6-15(9-16)22(14)26(23,24)18-12(2)20-21-13(18)3/h4,7,10,14-16H,5-6,8-9H2,1-3H3,(H,20,21)/t14-,15+,16+. The van der Waals surface area contributed by atoms with Gasteiger partial charge < -0.3 is 4.74 Å². The number of pyridine rings is 1. The van der Waals surface area contributed by atoms with Crippen molar-refractivity contribution in [1.29, 1.82) is 0 Å². The normalized spacial score (nSPS) is 26.2. The SMILES string of the molecule is Cc1ccc(O[C@H]2C[C@H]3CC[C@@H](C2)N3S(=O)(=O)c2c(C)n[nH]c2C)nc1. The van der Waals surface area contributed by atoms with Crippen LogP contribution in [-0.4, -0.2) is 46.1 Å². The Kier molecular flexibility index (Phi) is 4.27. The van der Waals surface area contributed by atoms with Crippen LogP contribution in [0.4, 0.5) is 0 Å². The van der Waals surface area contributed by atoms with Crippen LogP contribution in [0.5, 0.6) is 5.88 Å². The summed E-state index contributed by atoms with van der Waals surface area (Å²) in [6, 6.07) is 3.80. The van der Waals surface area contributed by atoms with Crippen LogP contribution in [0.15, 0.2) is 23.2 Å². The molecule has 26 heavy (non-hydrogen) atoms. The zero-order valence-electron chi connectivity index (χ0n) is 15.3. The smallest absolute Gasteiger partial charge is 0.247 e. The van der Waals surface area contributed by atoms with Gasteiger partial charge in [0, 0.05) is 37.2 Å². The third kappa shape index (κ3) is 2.91. The lowest BCUT2D eigenvalue weighted by molar-refractivity contribution is 0.0918. The van der Waals surface area contributed by atoms with Gasteiger partial charge in [-0.25, -0.2) is 13.4 Å². The van der Waals surface area contributed by atoms with Crippen LogP contribution < -0.4 is 4.74 Å². The molecule has 2 saturated heterocycles. The number of nitrogens with zero attached hydrogens (tertiary/aromatic N) is 3. The molecule has 0 amide bonds. The first kappa shape index (κ1) is 17.5. The summed E-state index contributed by atoms with van der Waals surface area (Å²) in [5.74, 6) is 0.609. The van der Waals surface area contributed by atoms with Gasteiger partial charge in [-0.15, -0.1) is 0 Å². The molecule has 140 valence electrons. The predicted octanol–water partition coefficient (Wildman–Crippen LogP) is 2.49. The van der Waals surface area contributed by atoms with Gasteiger partial charge in [0.2, 0.25) is 15.9 Å². The second kappa shape index (κ2) is 6.35. The van der Waals surface area contributed by atoms with Crippen molar-refractivity contribution in [3.05, 3.63) is 35.3 Å². The highest BCUT2D eigenvalue weighted by molar-refractivity contribution is 7.89. The van der Waals surface area contributed by atoms with E-state index in [0.29, 0.717) is 35.0 Å². The van der Waals surface area contributed by atoms with Gasteiger partial charge in [-0.05, 0) is 39.2 Å². The summed E-state index contributed by atoms with van der Waals surface area (Å²) < 4.78 is 34.3. The van der Waals surface area contributed by atoms with Crippen LogP contribution in [0.25, 0.3) is 0 Å². The highest BCUT2D eigenvalue weighted by Crippen LogP contribution is 2.41. The van der Waals surface area contributed by atoms with Crippen molar-refractivity contribution < 1.29 is 13.2 Å². The predicted molar refractivity (Wildman–Crippen MR) is 96.5 cm³/mol. The van der Waals surface area contributed by atoms with E-state index in [2.05, 4.69) is 15.2 Å². The number of aryl methyl sites for hydroxylation is 3. The monoisotopic (exact) mass is 376 g/mol. The Morgan fingerprint density at radius 1 is 1.15 bits per heavy atom. The molecule has 2 bridgehead atoms. The molecule has 8 heteroatoms. The van der Waals surface area contributed by atoms with Crippen molar-refractivity contribution in [2.45, 2.75) is 69.5 Å². The van der Waals surface area contributed by atoms with E-state index in [9.17, 15) is 8.42 Å². The number of aromatic amines is 1. The zero-order valence-corrected chi connectivity index (χ0v) is 16.1. The van der Waals surface area contributed by atoms with Crippen molar-refractivity contribution in [2.24, 2.45) is 0 Å². The minimum Gasteiger partial charge on any atom is -0.474 e. The molecule has 0 unspecified atom stereocenters. The van der Waals surface area contributed by atoms with Crippen molar-refractivity contribution in [3.63, 3.8) is 0 Å². The Balaban J connectivity index is 1.55. The number of piperidine rings is 1. The van der Waals surface area contributed by atoms with Crippen LogP contribution in [-0.2, 0) is 10.0 Å². The number of hydrogen-bond acceptors (Lipinski definition) is 5. The highest BCUT2D eigenvalue weighted by atomic mass is 32.2. The number of rotatable bonds is 4. The van der Waals surface area contributed by atoms with Crippen molar-refractivity contribution >= 4 is 10.0 Å². The van der Waals surface area contributed by atoms with E-state index in [4.69, 9.17) is 4.74 Å². The topological polar surface area (TPSA) is 88.2 Å². The Hall–Kier alpha value is -1.93. The fraction of sp³-hybridized carbons (Fsp3) is 0.556. The number of hydrogen-bond donors (Lipinski definition) is 1. The molecule has 2 aromatic heterocycles. The van der Waals surface area contributed by atoms with Gasteiger partial charge in [0.05, 0.1) is 11.4 Å². The van der Waals surface area contributed by atoms with Gasteiger partial charge in [-0.2, -0.15) is 9.40 Å². The van der Waals surface area contributed by atoms with Crippen molar-refractivity contribution in [1.82, 2.24) is 19.5 Å². The molecule has 3 atom stereocenters. The number of fused-ring (bicyclic) bond motifs is 2. The largest absolute Gasteiger partial charge is 0.474 e. The molecule has 4 heterocycles. The molecule has 2 fully saturated rings. The summed E-state index contributed by atoms with van der Waals surface area (Å²) in [6.45, 7) is 5.48. The minimum atomic E-state index is -3.55. The molecule has 0 spiro atoms. The molecular weight excluding hydrogens is 352 g/mol. The second-order valence-electron chi connectivity index (χ2n) is 7.37. The number of nitrogens with one attached hydrogen (secondary N) is 1. The number of sulfonamides is 1. The highest BCUT2D eigenvalue weighted by Gasteiger charge is 2.49. The van der Waals surface area contributed by atoms with E-state index in [1.165, 1.54) is 0 Å². The van der Waals surface area contributed by atoms with Crippen LogP contribution in [0.1, 0.15) is 42.6 Å². The summed E-state index contributed by atoms with van der Waals surface area (Å²) in [5.41, 5.74) is 2.22. The third-order valence-electron chi connectivity index (χ3n) is 5.39. The van der Waals surface area contributed by atoms with E-state index in [0.717, 1.165) is 18.4 Å². The number of aromatic nitrogens is 3. The molecule has 0 aromatic carbocycles. The summed E-state index contributed by atoms with van der Waals surface area (Å²) in [7, 11) is -3.55. The average Bonchev–Trinajstić information content (AvgIpc) is 3.07. The van der Waals surface area contributed by atoms with E-state index >= 15 is 0 Å². The van der Waals surface area contributed by atoms with E-state index in [1.54, 1.807) is 24.3 Å². The van der Waals surface area contributed by atoms with Crippen molar-refractivity contribution in [3.8, 4) is 5.88 Å². The first-order chi connectivity index (χ1) is 12.4. The fourth-order valence-corrected chi connectivity index (χ4v) is 6.52. The second-order valence-corrected chi connectivity index (χ2v) is 9.15. The van der Waals surface area contributed by atoms with E-state index < -0.39 is 10.0 Å². The number of H-pyrrole nitrogens is 1. The molecule has 0 radical (unpaired) electrons. The van der Waals surface area contributed by atoms with Gasteiger partial charge in [-0.3, -0.25) is 5.10 Å². The molecule has 1 N–H and O–H groups in total. The van der Waals surface area contributed by atoms with Gasteiger partial charge in [-0.1, -0.05) is 6.07 Å². The maximum Gasteiger partial charge on any atom is 0.247 e. The first-order valence-electron chi connectivity index (χ1n) is 9.00. The van der Waals surface area contributed by atoms with Gasteiger partial charge in [0.15, 0.2) is 0 Å². The molecule has 4 rings (SSSR count). The Morgan fingerprint density at radius 3 is 2.38 bits per heavy atom. The maximum absolute atomic E-state index is 13.3. The molecule has 0 aliphatic carbocycles. The fourth-order valence-electron chi connectivity index (χ4n) is 4.29. The number of ether oxygens (including phenoxy) is 1. The van der Waals surface area contributed by atoms with Crippen molar-refractivity contribution in [2.75, 3.05) is 0 Å². The lowest BCUT2D eigenvalue weighted by Gasteiger charge is -2.37. The maximum atomic E-state index is 13.3.